The molecule has 0 aliphatic rings. The summed E-state index contributed by atoms with van der Waals surface area (Å²) in [5.41, 5.74) is -0.780. The molecule has 0 aliphatic carbocycles. The van der Waals surface area contributed by atoms with Crippen LogP contribution in [0.2, 0.25) is 0 Å². The van der Waals surface area contributed by atoms with Crippen LogP contribution in [0.4, 0.5) is 18.9 Å². The van der Waals surface area contributed by atoms with Crippen LogP contribution in [0.15, 0.2) is 47.1 Å². The smallest absolute Gasteiger partial charge is 0.418 e. The Balaban J connectivity index is 2.01. The number of halogens is 3. The van der Waals surface area contributed by atoms with Crippen molar-refractivity contribution in [1.29, 1.82) is 0 Å². The van der Waals surface area contributed by atoms with E-state index in [1.165, 1.54) is 36.2 Å². The zero-order valence-corrected chi connectivity index (χ0v) is 11.7. The lowest BCUT2D eigenvalue weighted by Gasteiger charge is -2.14. The Bertz CT molecular complexity index is 582. The van der Waals surface area contributed by atoms with Crippen molar-refractivity contribution in [3.8, 4) is 0 Å². The Morgan fingerprint density at radius 1 is 1.20 bits per heavy atom. The molecule has 1 aromatic carbocycles. The largest absolute Gasteiger partial charge is 0.468 e. The molecule has 0 spiro atoms. The number of furan rings is 1. The highest BCUT2D eigenvalue weighted by Gasteiger charge is 2.33. The summed E-state index contributed by atoms with van der Waals surface area (Å²) in [7, 11) is 0. The van der Waals surface area contributed by atoms with Gasteiger partial charge in [0.05, 0.1) is 23.3 Å². The number of hydrogen-bond acceptors (Lipinski definition) is 3. The van der Waals surface area contributed by atoms with E-state index in [1.54, 1.807) is 12.1 Å². The number of benzene rings is 1. The summed E-state index contributed by atoms with van der Waals surface area (Å²) < 4.78 is 43.8. The third-order valence-corrected chi connectivity index (χ3v) is 3.64. The van der Waals surface area contributed by atoms with Crippen LogP contribution in [-0.2, 0) is 11.9 Å². The number of para-hydroxylation sites is 1. The molecule has 7 heteroatoms. The summed E-state index contributed by atoms with van der Waals surface area (Å²) in [5, 5.41) is 2.61. The van der Waals surface area contributed by atoms with Crippen molar-refractivity contribution in [2.45, 2.75) is 11.9 Å². The van der Waals surface area contributed by atoms with Gasteiger partial charge in [0.15, 0.2) is 0 Å². The van der Waals surface area contributed by atoms with Crippen LogP contribution in [0.1, 0.15) is 11.3 Å². The number of anilines is 1. The third-order valence-electron chi connectivity index (χ3n) is 2.39. The minimum absolute atomic E-state index is 0.0445. The topological polar surface area (TPSA) is 25.2 Å². The monoisotopic (exact) mass is 317 g/mol. The highest BCUT2D eigenvalue weighted by atomic mass is 32.2. The Morgan fingerprint density at radius 2 is 1.95 bits per heavy atom. The van der Waals surface area contributed by atoms with Gasteiger partial charge in [-0.05, 0) is 24.3 Å². The second kappa shape index (κ2) is 6.32. The molecule has 0 aliphatic heterocycles. The standard InChI is InChI=1S/C13H10F3NOS2/c14-13(15,16)10-5-1-2-6-11(10)17-12(19)20-8-9-4-3-7-18-9/h1-7H,8H2,(H,17,19). The molecule has 0 atom stereocenters. The van der Waals surface area contributed by atoms with Crippen LogP contribution in [0, 0.1) is 0 Å². The van der Waals surface area contributed by atoms with E-state index in [1.807, 2.05) is 0 Å². The Morgan fingerprint density at radius 3 is 2.60 bits per heavy atom. The molecule has 2 rings (SSSR count). The minimum Gasteiger partial charge on any atom is -0.468 e. The van der Waals surface area contributed by atoms with Gasteiger partial charge in [0.25, 0.3) is 0 Å². The Kier molecular flexibility index (Phi) is 4.72. The lowest BCUT2D eigenvalue weighted by Crippen LogP contribution is -2.13. The van der Waals surface area contributed by atoms with Crippen LogP contribution < -0.4 is 5.32 Å². The molecule has 106 valence electrons. The fourth-order valence-electron chi connectivity index (χ4n) is 1.52. The molecule has 0 bridgehead atoms. The summed E-state index contributed by atoms with van der Waals surface area (Å²) in [6.07, 6.45) is -2.88. The zero-order chi connectivity index (χ0) is 14.6. The summed E-state index contributed by atoms with van der Waals surface area (Å²) in [6.45, 7) is 0. The van der Waals surface area contributed by atoms with E-state index in [4.69, 9.17) is 16.6 Å². The normalized spacial score (nSPS) is 11.3. The Labute approximate surface area is 123 Å². The molecule has 0 fully saturated rings. The number of nitrogens with one attached hydrogen (secondary N) is 1. The van der Waals surface area contributed by atoms with Gasteiger partial charge in [-0.15, -0.1) is 0 Å². The van der Waals surface area contributed by atoms with E-state index >= 15 is 0 Å². The molecule has 1 N–H and O–H groups in total. The molecule has 0 radical (unpaired) electrons. The summed E-state index contributed by atoms with van der Waals surface area (Å²) in [4.78, 5) is 0. The van der Waals surface area contributed by atoms with Crippen LogP contribution in [-0.4, -0.2) is 4.32 Å². The van der Waals surface area contributed by atoms with Gasteiger partial charge in [0.1, 0.15) is 10.1 Å². The predicted molar refractivity (Wildman–Crippen MR) is 77.7 cm³/mol. The zero-order valence-electron chi connectivity index (χ0n) is 10.1. The molecule has 2 aromatic rings. The van der Waals surface area contributed by atoms with Gasteiger partial charge in [0.2, 0.25) is 0 Å². The molecular weight excluding hydrogens is 307 g/mol. The average molecular weight is 317 g/mol. The van der Waals surface area contributed by atoms with Crippen molar-refractivity contribution in [2.24, 2.45) is 0 Å². The second-order valence-corrected chi connectivity index (χ2v) is 5.48. The van der Waals surface area contributed by atoms with Gasteiger partial charge in [-0.3, -0.25) is 0 Å². The third kappa shape index (κ3) is 4.01. The lowest BCUT2D eigenvalue weighted by molar-refractivity contribution is -0.136. The van der Waals surface area contributed by atoms with Crippen molar-refractivity contribution in [3.63, 3.8) is 0 Å². The van der Waals surface area contributed by atoms with Crippen molar-refractivity contribution in [3.05, 3.63) is 54.0 Å². The van der Waals surface area contributed by atoms with E-state index in [0.717, 1.165) is 6.07 Å². The van der Waals surface area contributed by atoms with E-state index in [9.17, 15) is 13.2 Å². The number of thioether (sulfide) groups is 1. The molecule has 0 unspecified atom stereocenters. The molecule has 0 saturated heterocycles. The maximum absolute atomic E-state index is 12.8. The van der Waals surface area contributed by atoms with Gasteiger partial charge in [-0.1, -0.05) is 36.1 Å². The first kappa shape index (κ1) is 14.9. The van der Waals surface area contributed by atoms with Crippen molar-refractivity contribution in [2.75, 3.05) is 5.32 Å². The SMILES string of the molecule is FC(F)(F)c1ccccc1NC(=S)SCc1ccco1. The summed E-state index contributed by atoms with van der Waals surface area (Å²) in [6, 6.07) is 8.75. The van der Waals surface area contributed by atoms with Crippen LogP contribution in [0.3, 0.4) is 0 Å². The first-order valence-electron chi connectivity index (χ1n) is 5.59. The first-order chi connectivity index (χ1) is 9.47. The van der Waals surface area contributed by atoms with Crippen LogP contribution in [0.5, 0.6) is 0 Å². The van der Waals surface area contributed by atoms with Gasteiger partial charge in [0, 0.05) is 0 Å². The number of alkyl halides is 3. The number of hydrogen-bond donors (Lipinski definition) is 1. The number of rotatable bonds is 3. The van der Waals surface area contributed by atoms with Crippen LogP contribution in [0.25, 0.3) is 0 Å². The lowest BCUT2D eigenvalue weighted by atomic mass is 10.2. The van der Waals surface area contributed by atoms with E-state index in [0.29, 0.717) is 11.5 Å². The summed E-state index contributed by atoms with van der Waals surface area (Å²) >= 11 is 6.24. The molecule has 0 amide bonds. The number of thiocarbonyl (C=S) groups is 1. The predicted octanol–water partition coefficient (Wildman–Crippen LogP) is 4.93. The fraction of sp³-hybridized carbons (Fsp3) is 0.154. The first-order valence-corrected chi connectivity index (χ1v) is 6.98. The Hall–Kier alpha value is -1.47. The van der Waals surface area contributed by atoms with E-state index in [2.05, 4.69) is 5.32 Å². The van der Waals surface area contributed by atoms with Gasteiger partial charge in [-0.2, -0.15) is 13.2 Å². The van der Waals surface area contributed by atoms with Crippen molar-refractivity contribution < 1.29 is 17.6 Å². The van der Waals surface area contributed by atoms with Crippen LogP contribution >= 0.6 is 24.0 Å². The maximum atomic E-state index is 12.8. The highest BCUT2D eigenvalue weighted by Crippen LogP contribution is 2.35. The fourth-order valence-corrected chi connectivity index (χ4v) is 2.42. The molecule has 0 saturated carbocycles. The highest BCUT2D eigenvalue weighted by molar-refractivity contribution is 8.22. The van der Waals surface area contributed by atoms with Crippen molar-refractivity contribution in [1.82, 2.24) is 0 Å². The van der Waals surface area contributed by atoms with E-state index < -0.39 is 11.7 Å². The van der Waals surface area contributed by atoms with Gasteiger partial charge in [-0.25, -0.2) is 0 Å². The molecule has 1 aromatic heterocycles. The quantitative estimate of drug-likeness (QED) is 0.812. The molecule has 1 heterocycles. The minimum atomic E-state index is -4.41. The molecule has 20 heavy (non-hydrogen) atoms. The van der Waals surface area contributed by atoms with E-state index in [-0.39, 0.29) is 10.0 Å². The molecular formula is C13H10F3NOS2. The maximum Gasteiger partial charge on any atom is 0.418 e. The second-order valence-electron chi connectivity index (χ2n) is 3.82. The van der Waals surface area contributed by atoms with Gasteiger partial charge < -0.3 is 9.73 Å². The molecule has 2 nitrogen and oxygen atoms in total. The van der Waals surface area contributed by atoms with Gasteiger partial charge >= 0.3 is 6.18 Å². The summed E-state index contributed by atoms with van der Waals surface area (Å²) in [5.74, 6) is 1.18. The van der Waals surface area contributed by atoms with Crippen molar-refractivity contribution >= 4 is 34.0 Å². The average Bonchev–Trinajstić information content (AvgIpc) is 2.89.